The summed E-state index contributed by atoms with van der Waals surface area (Å²) >= 11 is 0. The van der Waals surface area contributed by atoms with Crippen LogP contribution in [0.3, 0.4) is 0 Å². The van der Waals surface area contributed by atoms with Gasteiger partial charge in [0, 0.05) is 23.2 Å². The molecule has 0 aliphatic rings. The molecule has 0 aliphatic heterocycles. The van der Waals surface area contributed by atoms with Crippen LogP contribution in [0.4, 0.5) is 0 Å². The van der Waals surface area contributed by atoms with E-state index in [9.17, 15) is 0 Å². The molecule has 0 bridgehead atoms. The summed E-state index contributed by atoms with van der Waals surface area (Å²) in [7, 11) is 0. The Morgan fingerprint density at radius 1 is 0.605 bits per heavy atom. The number of rotatable bonds is 10. The molecule has 38 heavy (non-hydrogen) atoms. The number of nitrogens with zero attached hydrogens (tertiary/aromatic N) is 2. The lowest BCUT2D eigenvalue weighted by Gasteiger charge is -2.11. The molecule has 0 saturated carbocycles. The molecule has 4 aromatic rings. The number of nitrogens with two attached hydrogens (primary N) is 2. The van der Waals surface area contributed by atoms with Gasteiger partial charge in [-0.1, -0.05) is 48.5 Å². The lowest BCUT2D eigenvalue weighted by atomic mass is 10.0. The van der Waals surface area contributed by atoms with Crippen LogP contribution in [0.1, 0.15) is 49.9 Å². The Balaban J connectivity index is 1.43. The number of ether oxygens (including phenoxy) is 2. The Labute approximate surface area is 225 Å². The predicted octanol–water partition coefficient (Wildman–Crippen LogP) is 6.23. The summed E-state index contributed by atoms with van der Waals surface area (Å²) in [5.74, 6) is 2.55. The van der Waals surface area contributed by atoms with E-state index in [1.54, 1.807) is 0 Å². The van der Waals surface area contributed by atoms with Gasteiger partial charge in [0.1, 0.15) is 36.4 Å². The fourth-order valence-corrected chi connectivity index (χ4v) is 4.05. The summed E-state index contributed by atoms with van der Waals surface area (Å²) in [5.41, 5.74) is 16.1. The molecule has 0 atom stereocenters. The molecule has 4 rings (SSSR count). The van der Waals surface area contributed by atoms with E-state index in [1.165, 1.54) is 0 Å². The third-order valence-corrected chi connectivity index (χ3v) is 5.83. The lowest BCUT2D eigenvalue weighted by Crippen LogP contribution is -2.15. The van der Waals surface area contributed by atoms with Gasteiger partial charge in [0.05, 0.1) is 0 Å². The van der Waals surface area contributed by atoms with Gasteiger partial charge in [-0.05, 0) is 86.0 Å². The molecule has 6 nitrogen and oxygen atoms in total. The van der Waals surface area contributed by atoms with Crippen LogP contribution in [0.2, 0.25) is 0 Å². The van der Waals surface area contributed by atoms with Gasteiger partial charge in [0.2, 0.25) is 0 Å². The third-order valence-electron chi connectivity index (χ3n) is 5.83. The van der Waals surface area contributed by atoms with Crippen LogP contribution in [-0.4, -0.2) is 23.8 Å². The average molecular weight is 509 g/mol. The molecule has 0 spiro atoms. The monoisotopic (exact) mass is 508 g/mol. The largest absolute Gasteiger partial charge is 0.489 e. The van der Waals surface area contributed by atoms with E-state index in [0.29, 0.717) is 24.9 Å². The van der Waals surface area contributed by atoms with Gasteiger partial charge in [0.25, 0.3) is 0 Å². The maximum Gasteiger partial charge on any atom is 0.126 e. The summed E-state index contributed by atoms with van der Waals surface area (Å²) in [6, 6.07) is 28.5. The van der Waals surface area contributed by atoms with Crippen LogP contribution in [-0.2, 0) is 13.2 Å². The Bertz CT molecular complexity index is 1350. The predicted molar refractivity (Wildman–Crippen MR) is 157 cm³/mol. The smallest absolute Gasteiger partial charge is 0.126 e. The number of fused-ring (bicyclic) bond motifs is 1. The average Bonchev–Trinajstić information content (AvgIpc) is 2.90. The number of amidine groups is 2. The second kappa shape index (κ2) is 12.3. The van der Waals surface area contributed by atoms with E-state index >= 15 is 0 Å². The van der Waals surface area contributed by atoms with Crippen molar-refractivity contribution < 1.29 is 9.47 Å². The second-order valence-corrected chi connectivity index (χ2v) is 9.87. The van der Waals surface area contributed by atoms with E-state index < -0.39 is 0 Å². The minimum Gasteiger partial charge on any atom is -0.489 e. The van der Waals surface area contributed by atoms with Gasteiger partial charge in [0.15, 0.2) is 0 Å². The Morgan fingerprint density at radius 2 is 1.05 bits per heavy atom. The van der Waals surface area contributed by atoms with Crippen molar-refractivity contribution in [3.05, 3.63) is 107 Å². The van der Waals surface area contributed by atoms with Gasteiger partial charge in [-0.3, -0.25) is 9.98 Å². The highest BCUT2D eigenvalue weighted by atomic mass is 16.5. The van der Waals surface area contributed by atoms with Crippen molar-refractivity contribution in [1.82, 2.24) is 0 Å². The molecule has 0 aromatic heterocycles. The molecule has 4 N–H and O–H groups in total. The van der Waals surface area contributed by atoms with Crippen molar-refractivity contribution >= 4 is 22.4 Å². The van der Waals surface area contributed by atoms with Crippen LogP contribution >= 0.6 is 0 Å². The normalized spacial score (nSPS) is 12.4. The van der Waals surface area contributed by atoms with Crippen LogP contribution in [0.5, 0.6) is 11.5 Å². The van der Waals surface area contributed by atoms with Crippen LogP contribution < -0.4 is 20.9 Å². The molecule has 0 saturated heterocycles. The van der Waals surface area contributed by atoms with Crippen molar-refractivity contribution in [2.45, 2.75) is 53.0 Å². The van der Waals surface area contributed by atoms with Crippen LogP contribution in [0.15, 0.2) is 94.9 Å². The minimum atomic E-state index is 0.139. The van der Waals surface area contributed by atoms with Gasteiger partial charge < -0.3 is 20.9 Å². The summed E-state index contributed by atoms with van der Waals surface area (Å²) in [6.07, 6.45) is 0. The summed E-state index contributed by atoms with van der Waals surface area (Å²) in [5, 5.41) is 2.30. The molecule has 4 aromatic carbocycles. The minimum absolute atomic E-state index is 0.139. The molecular formula is C32H36N4O2. The number of benzene rings is 4. The Kier molecular flexibility index (Phi) is 8.64. The van der Waals surface area contributed by atoms with Crippen molar-refractivity contribution in [3.8, 4) is 11.5 Å². The highest BCUT2D eigenvalue weighted by molar-refractivity contribution is 5.98. The third kappa shape index (κ3) is 7.35. The van der Waals surface area contributed by atoms with E-state index in [-0.39, 0.29) is 12.1 Å². The second-order valence-electron chi connectivity index (χ2n) is 9.87. The SMILES string of the molecule is CC(C)N=C(N)c1cccc(OCc2ccc3ccc(COc4cccc(C(N)=NC(C)C)c4)cc3c2)c1. The first-order valence-electron chi connectivity index (χ1n) is 12.9. The highest BCUT2D eigenvalue weighted by Crippen LogP contribution is 2.22. The summed E-state index contributed by atoms with van der Waals surface area (Å²) in [4.78, 5) is 8.85. The quantitative estimate of drug-likeness (QED) is 0.196. The molecule has 0 aliphatic carbocycles. The standard InChI is InChI=1S/C32H36N4O2/c1-21(2)35-31(33)26-7-5-9-29(17-26)37-19-23-11-13-25-14-12-24(16-28(25)15-23)20-38-30-10-6-8-27(18-30)32(34)36-22(3)4/h5-18,21-22H,19-20H2,1-4H3,(H2,33,35)(H2,34,36). The van der Waals surface area contributed by atoms with Crippen molar-refractivity contribution in [2.75, 3.05) is 0 Å². The summed E-state index contributed by atoms with van der Waals surface area (Å²) < 4.78 is 12.1. The van der Waals surface area contributed by atoms with Crippen LogP contribution in [0.25, 0.3) is 10.8 Å². The maximum absolute atomic E-state index is 6.12. The highest BCUT2D eigenvalue weighted by Gasteiger charge is 2.06. The molecule has 6 heteroatoms. The zero-order valence-electron chi connectivity index (χ0n) is 22.5. The van der Waals surface area contributed by atoms with Gasteiger partial charge in [-0.2, -0.15) is 0 Å². The van der Waals surface area contributed by atoms with Crippen molar-refractivity contribution in [1.29, 1.82) is 0 Å². The van der Waals surface area contributed by atoms with Gasteiger partial charge >= 0.3 is 0 Å². The molecule has 196 valence electrons. The fraction of sp³-hybridized carbons (Fsp3) is 0.250. The van der Waals surface area contributed by atoms with Crippen molar-refractivity contribution in [3.63, 3.8) is 0 Å². The number of hydrogen-bond donors (Lipinski definition) is 2. The maximum atomic E-state index is 6.12. The molecule has 0 radical (unpaired) electrons. The summed E-state index contributed by atoms with van der Waals surface area (Å²) in [6.45, 7) is 8.91. The number of aliphatic imine (C=N–C) groups is 2. The molecule has 0 heterocycles. The van der Waals surface area contributed by atoms with Crippen LogP contribution in [0, 0.1) is 0 Å². The van der Waals surface area contributed by atoms with E-state index in [4.69, 9.17) is 20.9 Å². The molecule has 0 fully saturated rings. The zero-order valence-corrected chi connectivity index (χ0v) is 22.5. The molecule has 0 unspecified atom stereocenters. The molecular weight excluding hydrogens is 472 g/mol. The van der Waals surface area contributed by atoms with Gasteiger partial charge in [-0.25, -0.2) is 0 Å². The topological polar surface area (TPSA) is 95.2 Å². The number of hydrogen-bond acceptors (Lipinski definition) is 4. The van der Waals surface area contributed by atoms with Gasteiger partial charge in [-0.15, -0.1) is 0 Å². The van der Waals surface area contributed by atoms with E-state index in [0.717, 1.165) is 44.5 Å². The van der Waals surface area contributed by atoms with Crippen molar-refractivity contribution in [2.24, 2.45) is 21.5 Å². The Morgan fingerprint density at radius 3 is 1.47 bits per heavy atom. The lowest BCUT2D eigenvalue weighted by molar-refractivity contribution is 0.306. The fourth-order valence-electron chi connectivity index (χ4n) is 4.05. The Hall–Kier alpha value is -4.32. The zero-order chi connectivity index (χ0) is 27.1. The molecule has 0 amide bonds. The van der Waals surface area contributed by atoms with E-state index in [1.807, 2.05) is 76.2 Å². The first-order valence-corrected chi connectivity index (χ1v) is 12.9. The first kappa shape index (κ1) is 26.7. The van der Waals surface area contributed by atoms with E-state index in [2.05, 4.69) is 46.4 Å². The first-order chi connectivity index (χ1) is 18.3.